The van der Waals surface area contributed by atoms with Crippen molar-refractivity contribution in [1.29, 1.82) is 0 Å². The highest BCUT2D eigenvalue weighted by molar-refractivity contribution is 5.00. The SMILES string of the molecule is CCn1ccc(CC(O)CN)n1. The van der Waals surface area contributed by atoms with E-state index in [4.69, 9.17) is 5.73 Å². The Hall–Kier alpha value is -0.870. The lowest BCUT2D eigenvalue weighted by Crippen LogP contribution is -2.22. The van der Waals surface area contributed by atoms with Crippen molar-refractivity contribution in [1.82, 2.24) is 9.78 Å². The van der Waals surface area contributed by atoms with Gasteiger partial charge in [0.05, 0.1) is 11.8 Å². The van der Waals surface area contributed by atoms with Gasteiger partial charge in [0.1, 0.15) is 0 Å². The Balaban J connectivity index is 2.52. The van der Waals surface area contributed by atoms with E-state index in [1.807, 2.05) is 23.9 Å². The maximum absolute atomic E-state index is 9.22. The summed E-state index contributed by atoms with van der Waals surface area (Å²) in [6, 6.07) is 1.91. The second-order valence-corrected chi connectivity index (χ2v) is 2.76. The van der Waals surface area contributed by atoms with E-state index in [2.05, 4.69) is 5.10 Å². The van der Waals surface area contributed by atoms with Gasteiger partial charge in [-0.15, -0.1) is 0 Å². The first kappa shape index (κ1) is 9.22. The summed E-state index contributed by atoms with van der Waals surface area (Å²) in [5.74, 6) is 0. The number of hydrogen-bond donors (Lipinski definition) is 2. The molecule has 1 unspecified atom stereocenters. The van der Waals surface area contributed by atoms with Gasteiger partial charge in [-0.05, 0) is 13.0 Å². The molecule has 1 atom stereocenters. The zero-order chi connectivity index (χ0) is 8.97. The molecule has 0 amide bonds. The molecule has 0 fully saturated rings. The number of nitrogens with two attached hydrogens (primary N) is 1. The van der Waals surface area contributed by atoms with Crippen LogP contribution in [0.3, 0.4) is 0 Å². The minimum atomic E-state index is -0.467. The third-order valence-electron chi connectivity index (χ3n) is 1.74. The van der Waals surface area contributed by atoms with Crippen LogP contribution in [-0.2, 0) is 13.0 Å². The summed E-state index contributed by atoms with van der Waals surface area (Å²) in [4.78, 5) is 0. The summed E-state index contributed by atoms with van der Waals surface area (Å²) in [7, 11) is 0. The summed E-state index contributed by atoms with van der Waals surface area (Å²) in [5.41, 5.74) is 6.17. The lowest BCUT2D eigenvalue weighted by Gasteiger charge is -2.03. The Morgan fingerprint density at radius 3 is 3.00 bits per heavy atom. The van der Waals surface area contributed by atoms with E-state index in [9.17, 15) is 5.11 Å². The van der Waals surface area contributed by atoms with Gasteiger partial charge < -0.3 is 10.8 Å². The maximum atomic E-state index is 9.22. The van der Waals surface area contributed by atoms with E-state index in [0.717, 1.165) is 12.2 Å². The third kappa shape index (κ3) is 2.32. The minimum Gasteiger partial charge on any atom is -0.391 e. The predicted molar refractivity (Wildman–Crippen MR) is 46.7 cm³/mol. The summed E-state index contributed by atoms with van der Waals surface area (Å²) < 4.78 is 1.83. The molecule has 3 N–H and O–H groups in total. The van der Waals surface area contributed by atoms with Crippen molar-refractivity contribution >= 4 is 0 Å². The van der Waals surface area contributed by atoms with Crippen LogP contribution in [0.25, 0.3) is 0 Å². The van der Waals surface area contributed by atoms with Crippen LogP contribution in [0.4, 0.5) is 0 Å². The largest absolute Gasteiger partial charge is 0.391 e. The number of hydrogen-bond acceptors (Lipinski definition) is 3. The standard InChI is InChI=1S/C8H15N3O/c1-2-11-4-3-7(10-11)5-8(12)6-9/h3-4,8,12H,2,5-6,9H2,1H3. The van der Waals surface area contributed by atoms with Crippen molar-refractivity contribution in [2.24, 2.45) is 5.73 Å². The Morgan fingerprint density at radius 1 is 1.75 bits per heavy atom. The van der Waals surface area contributed by atoms with Gasteiger partial charge >= 0.3 is 0 Å². The molecule has 1 heterocycles. The quantitative estimate of drug-likeness (QED) is 0.654. The van der Waals surface area contributed by atoms with Crippen LogP contribution in [0, 0.1) is 0 Å². The molecule has 0 bridgehead atoms. The van der Waals surface area contributed by atoms with Crippen molar-refractivity contribution in [3.8, 4) is 0 Å². The smallest absolute Gasteiger partial charge is 0.0718 e. The normalized spacial score (nSPS) is 13.2. The molecule has 0 aromatic carbocycles. The number of aliphatic hydroxyl groups excluding tert-OH is 1. The molecule has 0 saturated heterocycles. The van der Waals surface area contributed by atoms with Crippen molar-refractivity contribution in [3.63, 3.8) is 0 Å². The number of nitrogens with zero attached hydrogens (tertiary/aromatic N) is 2. The van der Waals surface area contributed by atoms with E-state index in [0.29, 0.717) is 13.0 Å². The topological polar surface area (TPSA) is 64.1 Å². The van der Waals surface area contributed by atoms with E-state index in [1.54, 1.807) is 0 Å². The summed E-state index contributed by atoms with van der Waals surface area (Å²) >= 11 is 0. The fourth-order valence-corrected chi connectivity index (χ4v) is 1.01. The van der Waals surface area contributed by atoms with Crippen LogP contribution >= 0.6 is 0 Å². The van der Waals surface area contributed by atoms with Gasteiger partial charge in [-0.1, -0.05) is 0 Å². The van der Waals surface area contributed by atoms with Gasteiger partial charge in [0.25, 0.3) is 0 Å². The van der Waals surface area contributed by atoms with Crippen LogP contribution in [0.1, 0.15) is 12.6 Å². The lowest BCUT2D eigenvalue weighted by molar-refractivity contribution is 0.182. The first-order valence-corrected chi connectivity index (χ1v) is 4.16. The number of rotatable bonds is 4. The van der Waals surface area contributed by atoms with E-state index >= 15 is 0 Å². The molecule has 68 valence electrons. The molecule has 4 heteroatoms. The van der Waals surface area contributed by atoms with Crippen LogP contribution in [0.2, 0.25) is 0 Å². The molecule has 0 saturated carbocycles. The molecule has 1 rings (SSSR count). The Bertz CT molecular complexity index is 234. The van der Waals surface area contributed by atoms with Gasteiger partial charge in [0, 0.05) is 25.7 Å². The van der Waals surface area contributed by atoms with Gasteiger partial charge in [-0.2, -0.15) is 5.10 Å². The molecule has 0 radical (unpaired) electrons. The molecule has 0 aliphatic heterocycles. The summed E-state index contributed by atoms with van der Waals surface area (Å²) in [6.45, 7) is 3.17. The number of aliphatic hydroxyl groups is 1. The number of aryl methyl sites for hydroxylation is 1. The molecule has 0 spiro atoms. The highest BCUT2D eigenvalue weighted by atomic mass is 16.3. The monoisotopic (exact) mass is 169 g/mol. The summed E-state index contributed by atoms with van der Waals surface area (Å²) in [5, 5.41) is 13.4. The first-order chi connectivity index (χ1) is 5.76. The fourth-order valence-electron chi connectivity index (χ4n) is 1.01. The summed E-state index contributed by atoms with van der Waals surface area (Å²) in [6.07, 6.45) is 1.98. The van der Waals surface area contributed by atoms with Crippen molar-refractivity contribution < 1.29 is 5.11 Å². The molecule has 0 aliphatic rings. The average molecular weight is 169 g/mol. The lowest BCUT2D eigenvalue weighted by atomic mass is 10.2. The third-order valence-corrected chi connectivity index (χ3v) is 1.74. The minimum absolute atomic E-state index is 0.291. The van der Waals surface area contributed by atoms with Crippen molar-refractivity contribution in [3.05, 3.63) is 18.0 Å². The van der Waals surface area contributed by atoms with E-state index in [1.165, 1.54) is 0 Å². The van der Waals surface area contributed by atoms with E-state index < -0.39 is 6.10 Å². The second-order valence-electron chi connectivity index (χ2n) is 2.76. The maximum Gasteiger partial charge on any atom is 0.0718 e. The Kier molecular flexibility index (Phi) is 3.25. The molecule has 12 heavy (non-hydrogen) atoms. The van der Waals surface area contributed by atoms with Crippen LogP contribution in [0.15, 0.2) is 12.3 Å². The molecular weight excluding hydrogens is 154 g/mol. The molecule has 1 aromatic rings. The van der Waals surface area contributed by atoms with Gasteiger partial charge in [0.15, 0.2) is 0 Å². The highest BCUT2D eigenvalue weighted by Gasteiger charge is 2.04. The van der Waals surface area contributed by atoms with Crippen LogP contribution in [-0.4, -0.2) is 27.5 Å². The van der Waals surface area contributed by atoms with Crippen molar-refractivity contribution in [2.45, 2.75) is 26.0 Å². The van der Waals surface area contributed by atoms with Crippen molar-refractivity contribution in [2.75, 3.05) is 6.54 Å². The first-order valence-electron chi connectivity index (χ1n) is 4.16. The molecule has 4 nitrogen and oxygen atoms in total. The molecular formula is C8H15N3O. The second kappa shape index (κ2) is 4.23. The van der Waals surface area contributed by atoms with Gasteiger partial charge in [0.2, 0.25) is 0 Å². The molecule has 0 aliphatic carbocycles. The zero-order valence-corrected chi connectivity index (χ0v) is 7.27. The van der Waals surface area contributed by atoms with Crippen LogP contribution < -0.4 is 5.73 Å². The Labute approximate surface area is 72.0 Å². The fraction of sp³-hybridized carbons (Fsp3) is 0.625. The van der Waals surface area contributed by atoms with E-state index in [-0.39, 0.29) is 0 Å². The van der Waals surface area contributed by atoms with Gasteiger partial charge in [-0.3, -0.25) is 4.68 Å². The Morgan fingerprint density at radius 2 is 2.50 bits per heavy atom. The van der Waals surface area contributed by atoms with Crippen LogP contribution in [0.5, 0.6) is 0 Å². The number of aromatic nitrogens is 2. The molecule has 1 aromatic heterocycles. The average Bonchev–Trinajstić information content (AvgIpc) is 2.52. The van der Waals surface area contributed by atoms with Gasteiger partial charge in [-0.25, -0.2) is 0 Å². The zero-order valence-electron chi connectivity index (χ0n) is 7.27. The predicted octanol–water partition coefficient (Wildman–Crippen LogP) is -0.235. The highest BCUT2D eigenvalue weighted by Crippen LogP contribution is 1.99.